The van der Waals surface area contributed by atoms with Gasteiger partial charge in [-0.2, -0.15) is 16.3 Å². The number of hydrogen-bond acceptors (Lipinski definition) is 6. The summed E-state index contributed by atoms with van der Waals surface area (Å²) in [5.74, 6) is 1.95. The van der Waals surface area contributed by atoms with E-state index in [0.29, 0.717) is 17.5 Å². The van der Waals surface area contributed by atoms with Crippen LogP contribution in [0.2, 0.25) is 0 Å². The van der Waals surface area contributed by atoms with Gasteiger partial charge in [-0.25, -0.2) is 0 Å². The average Bonchev–Trinajstić information content (AvgIpc) is 3.09. The Labute approximate surface area is 118 Å². The first-order valence-electron chi connectivity index (χ1n) is 5.65. The monoisotopic (exact) mass is 289 g/mol. The lowest BCUT2D eigenvalue weighted by Crippen LogP contribution is -1.85. The summed E-state index contributed by atoms with van der Waals surface area (Å²) in [5, 5.41) is 7.96. The molecule has 4 nitrogen and oxygen atoms in total. The minimum Gasteiger partial charge on any atom is -0.399 e. The normalized spacial score (nSPS) is 10.7. The predicted molar refractivity (Wildman–Crippen MR) is 78.0 cm³/mol. The fourth-order valence-corrected chi connectivity index (χ4v) is 2.90. The highest BCUT2D eigenvalue weighted by atomic mass is 32.2. The van der Waals surface area contributed by atoms with Crippen molar-refractivity contribution < 1.29 is 4.52 Å². The summed E-state index contributed by atoms with van der Waals surface area (Å²) in [6, 6.07) is 9.71. The fraction of sp³-hybridized carbons (Fsp3) is 0.0769. The summed E-state index contributed by atoms with van der Waals surface area (Å²) < 4.78 is 5.23. The van der Waals surface area contributed by atoms with Gasteiger partial charge in [-0.3, -0.25) is 0 Å². The third-order valence-electron chi connectivity index (χ3n) is 2.48. The Bertz CT molecular complexity index is 647. The molecule has 0 aliphatic carbocycles. The van der Waals surface area contributed by atoms with Crippen LogP contribution in [0.25, 0.3) is 11.5 Å². The second-order valence-electron chi connectivity index (χ2n) is 3.89. The standard InChI is InChI=1S/C13H11N3OS2/c14-10-1-3-11(4-2-10)19-8-12-15-13(17-16-12)9-5-6-18-7-9/h1-7H,8,14H2. The number of benzene rings is 1. The number of nitrogens with two attached hydrogens (primary N) is 1. The zero-order valence-corrected chi connectivity index (χ0v) is 11.6. The quantitative estimate of drug-likeness (QED) is 0.586. The van der Waals surface area contributed by atoms with E-state index >= 15 is 0 Å². The molecule has 3 aromatic rings. The van der Waals surface area contributed by atoms with E-state index in [9.17, 15) is 0 Å². The molecule has 0 aliphatic rings. The average molecular weight is 289 g/mol. The number of rotatable bonds is 4. The molecule has 0 aliphatic heterocycles. The van der Waals surface area contributed by atoms with Crippen LogP contribution >= 0.6 is 23.1 Å². The Balaban J connectivity index is 1.66. The minimum atomic E-state index is 0.578. The van der Waals surface area contributed by atoms with Crippen molar-refractivity contribution in [2.75, 3.05) is 5.73 Å². The van der Waals surface area contributed by atoms with Gasteiger partial charge in [0.15, 0.2) is 5.82 Å². The van der Waals surface area contributed by atoms with Gasteiger partial charge in [-0.1, -0.05) is 5.16 Å². The molecule has 0 fully saturated rings. The lowest BCUT2D eigenvalue weighted by Gasteiger charge is -1.98. The van der Waals surface area contributed by atoms with Crippen molar-refractivity contribution in [3.05, 3.63) is 46.9 Å². The third-order valence-corrected chi connectivity index (χ3v) is 4.18. The molecule has 6 heteroatoms. The van der Waals surface area contributed by atoms with E-state index in [1.807, 2.05) is 41.1 Å². The molecular formula is C13H11N3OS2. The molecule has 96 valence electrons. The maximum Gasteiger partial charge on any atom is 0.258 e. The fourth-order valence-electron chi connectivity index (χ4n) is 1.53. The molecule has 19 heavy (non-hydrogen) atoms. The van der Waals surface area contributed by atoms with E-state index in [1.54, 1.807) is 23.1 Å². The van der Waals surface area contributed by atoms with Crippen molar-refractivity contribution in [2.24, 2.45) is 0 Å². The Kier molecular flexibility index (Phi) is 3.52. The van der Waals surface area contributed by atoms with E-state index in [-0.39, 0.29) is 0 Å². The lowest BCUT2D eigenvalue weighted by molar-refractivity contribution is 0.425. The highest BCUT2D eigenvalue weighted by molar-refractivity contribution is 7.98. The number of nitrogen functional groups attached to an aromatic ring is 1. The zero-order chi connectivity index (χ0) is 13.1. The predicted octanol–water partition coefficient (Wildman–Crippen LogP) is 3.67. The molecule has 3 rings (SSSR count). The molecule has 0 saturated carbocycles. The van der Waals surface area contributed by atoms with Crippen molar-refractivity contribution in [3.8, 4) is 11.5 Å². The van der Waals surface area contributed by atoms with Crippen molar-refractivity contribution in [1.29, 1.82) is 0 Å². The van der Waals surface area contributed by atoms with E-state index in [0.717, 1.165) is 16.1 Å². The number of thioether (sulfide) groups is 1. The third kappa shape index (κ3) is 2.97. The number of thiophene rings is 1. The Morgan fingerprint density at radius 2 is 2.05 bits per heavy atom. The molecule has 2 aromatic heterocycles. The molecule has 2 heterocycles. The summed E-state index contributed by atoms with van der Waals surface area (Å²) in [7, 11) is 0. The van der Waals surface area contributed by atoms with Crippen LogP contribution in [0.1, 0.15) is 5.82 Å². The van der Waals surface area contributed by atoms with Crippen LogP contribution < -0.4 is 5.73 Å². The van der Waals surface area contributed by atoms with Gasteiger partial charge in [0.1, 0.15) is 0 Å². The second kappa shape index (κ2) is 5.46. The zero-order valence-electron chi connectivity index (χ0n) is 9.95. The molecule has 0 radical (unpaired) electrons. The van der Waals surface area contributed by atoms with E-state index < -0.39 is 0 Å². The van der Waals surface area contributed by atoms with Gasteiger partial charge in [0.2, 0.25) is 0 Å². The van der Waals surface area contributed by atoms with Gasteiger partial charge in [0.05, 0.1) is 11.3 Å². The van der Waals surface area contributed by atoms with Gasteiger partial charge in [-0.05, 0) is 35.7 Å². The summed E-state index contributed by atoms with van der Waals surface area (Å²) in [6.07, 6.45) is 0. The van der Waals surface area contributed by atoms with Gasteiger partial charge in [0, 0.05) is 16.0 Å². The second-order valence-corrected chi connectivity index (χ2v) is 5.71. The van der Waals surface area contributed by atoms with Crippen molar-refractivity contribution in [3.63, 3.8) is 0 Å². The first kappa shape index (κ1) is 12.3. The molecule has 0 amide bonds. The van der Waals surface area contributed by atoms with E-state index in [4.69, 9.17) is 10.3 Å². The Hall–Kier alpha value is -1.79. The largest absolute Gasteiger partial charge is 0.399 e. The number of anilines is 1. The van der Waals surface area contributed by atoms with Crippen LogP contribution in [0.3, 0.4) is 0 Å². The van der Waals surface area contributed by atoms with Crippen LogP contribution in [-0.4, -0.2) is 10.1 Å². The highest BCUT2D eigenvalue weighted by Gasteiger charge is 2.09. The number of hydrogen-bond donors (Lipinski definition) is 1. The van der Waals surface area contributed by atoms with Gasteiger partial charge < -0.3 is 10.3 Å². The van der Waals surface area contributed by atoms with E-state index in [1.165, 1.54) is 0 Å². The first-order valence-corrected chi connectivity index (χ1v) is 7.57. The summed E-state index contributed by atoms with van der Waals surface area (Å²) in [5.41, 5.74) is 7.38. The van der Waals surface area contributed by atoms with Gasteiger partial charge in [-0.15, -0.1) is 11.8 Å². The molecule has 0 spiro atoms. The van der Waals surface area contributed by atoms with Crippen molar-refractivity contribution in [2.45, 2.75) is 10.6 Å². The maximum absolute atomic E-state index is 5.64. The van der Waals surface area contributed by atoms with Crippen LogP contribution in [0.15, 0.2) is 50.5 Å². The number of nitrogens with zero attached hydrogens (tertiary/aromatic N) is 2. The Morgan fingerprint density at radius 3 is 2.79 bits per heavy atom. The summed E-state index contributed by atoms with van der Waals surface area (Å²) in [4.78, 5) is 5.50. The smallest absolute Gasteiger partial charge is 0.258 e. The Morgan fingerprint density at radius 1 is 1.21 bits per heavy atom. The molecule has 0 saturated heterocycles. The summed E-state index contributed by atoms with van der Waals surface area (Å²) in [6.45, 7) is 0. The summed E-state index contributed by atoms with van der Waals surface area (Å²) >= 11 is 3.27. The maximum atomic E-state index is 5.64. The molecule has 0 atom stereocenters. The minimum absolute atomic E-state index is 0.578. The molecule has 0 bridgehead atoms. The number of aromatic nitrogens is 2. The topological polar surface area (TPSA) is 64.9 Å². The highest BCUT2D eigenvalue weighted by Crippen LogP contribution is 2.24. The molecule has 2 N–H and O–H groups in total. The van der Waals surface area contributed by atoms with Gasteiger partial charge in [0.25, 0.3) is 5.89 Å². The molecule has 0 unspecified atom stereocenters. The lowest BCUT2D eigenvalue weighted by atomic mass is 10.3. The van der Waals surface area contributed by atoms with Crippen LogP contribution in [0.4, 0.5) is 5.69 Å². The van der Waals surface area contributed by atoms with Crippen LogP contribution in [-0.2, 0) is 5.75 Å². The first-order chi connectivity index (χ1) is 9.31. The van der Waals surface area contributed by atoms with Crippen LogP contribution in [0.5, 0.6) is 0 Å². The van der Waals surface area contributed by atoms with Crippen molar-refractivity contribution >= 4 is 28.8 Å². The van der Waals surface area contributed by atoms with Crippen LogP contribution in [0, 0.1) is 0 Å². The molecule has 1 aromatic carbocycles. The SMILES string of the molecule is Nc1ccc(SCc2noc(-c3ccsc3)n2)cc1. The van der Waals surface area contributed by atoms with E-state index in [2.05, 4.69) is 10.1 Å². The van der Waals surface area contributed by atoms with Gasteiger partial charge >= 0.3 is 0 Å². The molecular weight excluding hydrogens is 278 g/mol. The van der Waals surface area contributed by atoms with Crippen molar-refractivity contribution in [1.82, 2.24) is 10.1 Å².